The highest BCUT2D eigenvalue weighted by molar-refractivity contribution is 6.27. The quantitative estimate of drug-likeness (QED) is 0.180. The van der Waals surface area contributed by atoms with Crippen LogP contribution in [0, 0.1) is 0 Å². The molecule has 0 atom stereocenters. The largest absolute Gasteiger partial charge is 0.309 e. The third-order valence-corrected chi connectivity index (χ3v) is 12.7. The van der Waals surface area contributed by atoms with Gasteiger partial charge in [-0.3, -0.25) is 0 Å². The van der Waals surface area contributed by atoms with E-state index in [1.54, 1.807) is 0 Å². The number of rotatable bonds is 4. The van der Waals surface area contributed by atoms with Crippen LogP contribution in [0.2, 0.25) is 0 Å². The highest BCUT2D eigenvalue weighted by Gasteiger charge is 2.40. The van der Waals surface area contributed by atoms with Crippen molar-refractivity contribution in [3.05, 3.63) is 203 Å². The van der Waals surface area contributed by atoms with E-state index in [1.807, 2.05) is 36.4 Å². The first-order chi connectivity index (χ1) is 28.5. The van der Waals surface area contributed by atoms with Crippen LogP contribution in [0.5, 0.6) is 0 Å². The van der Waals surface area contributed by atoms with E-state index in [9.17, 15) is 0 Å². The average molecular weight is 743 g/mol. The van der Waals surface area contributed by atoms with Gasteiger partial charge in [-0.05, 0) is 98.5 Å². The van der Waals surface area contributed by atoms with Crippen molar-refractivity contribution in [2.24, 2.45) is 0 Å². The van der Waals surface area contributed by atoms with Crippen molar-refractivity contribution in [2.45, 2.75) is 32.1 Å². The molecule has 4 heteroatoms. The summed E-state index contributed by atoms with van der Waals surface area (Å²) >= 11 is 0. The molecule has 0 saturated carbocycles. The Balaban J connectivity index is 1.15. The van der Waals surface area contributed by atoms with Gasteiger partial charge < -0.3 is 4.57 Å². The van der Waals surface area contributed by atoms with Crippen LogP contribution in [0.15, 0.2) is 170 Å². The van der Waals surface area contributed by atoms with Gasteiger partial charge in [0.2, 0.25) is 0 Å². The van der Waals surface area contributed by atoms with Gasteiger partial charge in [0.05, 0.1) is 11.0 Å². The van der Waals surface area contributed by atoms with E-state index >= 15 is 0 Å². The van der Waals surface area contributed by atoms with E-state index in [0.717, 1.165) is 35.2 Å². The fourth-order valence-electron chi connectivity index (χ4n) is 10.0. The number of para-hydroxylation sites is 1. The first kappa shape index (κ1) is 33.0. The van der Waals surface area contributed by atoms with Gasteiger partial charge in [0, 0.05) is 38.6 Å². The van der Waals surface area contributed by atoms with Crippen molar-refractivity contribution < 1.29 is 0 Å². The minimum absolute atomic E-state index is 0.242. The normalized spacial score (nSPS) is 13.7. The molecule has 0 amide bonds. The summed E-state index contributed by atoms with van der Waals surface area (Å²) in [6, 6.07) is 61.3. The highest BCUT2D eigenvalue weighted by atomic mass is 15.0. The molecule has 4 nitrogen and oxygen atoms in total. The molecular formula is C54H38N4. The van der Waals surface area contributed by atoms with Crippen LogP contribution in [0.25, 0.3) is 83.6 Å². The Hall–Kier alpha value is -7.17. The Kier molecular flexibility index (Phi) is 7.07. The lowest BCUT2D eigenvalue weighted by molar-refractivity contribution is 0.664. The molecule has 0 unspecified atom stereocenters. The molecule has 0 spiro atoms. The Labute approximate surface area is 337 Å². The van der Waals surface area contributed by atoms with Crippen LogP contribution in [-0.2, 0) is 18.3 Å². The van der Waals surface area contributed by atoms with E-state index in [1.165, 1.54) is 77.1 Å². The fourth-order valence-corrected chi connectivity index (χ4v) is 10.0. The number of benzene rings is 8. The molecule has 2 aromatic heterocycles. The van der Waals surface area contributed by atoms with Crippen LogP contribution in [0.4, 0.5) is 0 Å². The molecule has 12 rings (SSSR count). The number of hydrogen-bond acceptors (Lipinski definition) is 3. The lowest BCUT2D eigenvalue weighted by atomic mass is 9.79. The molecule has 10 aromatic rings. The van der Waals surface area contributed by atoms with Gasteiger partial charge in [-0.1, -0.05) is 153 Å². The Morgan fingerprint density at radius 3 is 1.71 bits per heavy atom. The maximum absolute atomic E-state index is 5.12. The number of nitrogens with zero attached hydrogens (tertiary/aromatic N) is 4. The summed E-state index contributed by atoms with van der Waals surface area (Å²) in [6.45, 7) is 4.83. The van der Waals surface area contributed by atoms with Crippen LogP contribution in [-0.4, -0.2) is 19.5 Å². The zero-order chi connectivity index (χ0) is 38.5. The average Bonchev–Trinajstić information content (AvgIpc) is 3.74. The Morgan fingerprint density at radius 1 is 0.466 bits per heavy atom. The van der Waals surface area contributed by atoms with Crippen LogP contribution < -0.4 is 0 Å². The second-order valence-electron chi connectivity index (χ2n) is 16.4. The van der Waals surface area contributed by atoms with Gasteiger partial charge in [-0.2, -0.15) is 0 Å². The standard InChI is InChI=1S/C54H38N4/c1-54(2)45-26-13-11-24-41(45)47-43-31-38-28-35-20-9-10-21-36(35)29-39(38)32-44(43)48-42-25-12-14-27-46(42)58(50(48)49(47)54)40-23-15-22-37(30-40)53-56-51(33-16-5-3-6-17-33)55-52(57-53)34-18-7-4-8-19-34/h3-27,30-32H,28-29H2,1-2H3. The Morgan fingerprint density at radius 2 is 1.02 bits per heavy atom. The van der Waals surface area contributed by atoms with Crippen LogP contribution >= 0.6 is 0 Å². The molecule has 2 aliphatic rings. The van der Waals surface area contributed by atoms with Crippen molar-refractivity contribution in [1.82, 2.24) is 19.5 Å². The van der Waals surface area contributed by atoms with Crippen molar-refractivity contribution in [1.29, 1.82) is 0 Å². The Bertz CT molecular complexity index is 3250. The molecular weight excluding hydrogens is 705 g/mol. The molecule has 58 heavy (non-hydrogen) atoms. The first-order valence-electron chi connectivity index (χ1n) is 20.2. The third-order valence-electron chi connectivity index (χ3n) is 12.7. The molecule has 0 radical (unpaired) electrons. The van der Waals surface area contributed by atoms with Crippen molar-refractivity contribution >= 4 is 32.6 Å². The summed E-state index contributed by atoms with van der Waals surface area (Å²) in [4.78, 5) is 15.2. The lowest BCUT2D eigenvalue weighted by Crippen LogP contribution is -2.17. The van der Waals surface area contributed by atoms with Crippen LogP contribution in [0.3, 0.4) is 0 Å². The molecule has 274 valence electrons. The van der Waals surface area contributed by atoms with E-state index < -0.39 is 0 Å². The summed E-state index contributed by atoms with van der Waals surface area (Å²) in [5.41, 5.74) is 17.3. The van der Waals surface area contributed by atoms with E-state index in [-0.39, 0.29) is 5.41 Å². The monoisotopic (exact) mass is 742 g/mol. The number of fused-ring (bicyclic) bond motifs is 12. The fraction of sp³-hybridized carbons (Fsp3) is 0.0926. The number of hydrogen-bond donors (Lipinski definition) is 0. The highest BCUT2D eigenvalue weighted by Crippen LogP contribution is 2.57. The van der Waals surface area contributed by atoms with Gasteiger partial charge in [-0.15, -0.1) is 0 Å². The minimum atomic E-state index is -0.242. The third kappa shape index (κ3) is 4.85. The molecule has 0 N–H and O–H groups in total. The minimum Gasteiger partial charge on any atom is -0.309 e. The first-order valence-corrected chi connectivity index (χ1v) is 20.2. The lowest BCUT2D eigenvalue weighted by Gasteiger charge is -2.25. The van der Waals surface area contributed by atoms with Crippen molar-refractivity contribution in [3.8, 4) is 51.0 Å². The van der Waals surface area contributed by atoms with Gasteiger partial charge in [0.25, 0.3) is 0 Å². The summed E-state index contributed by atoms with van der Waals surface area (Å²) in [6.07, 6.45) is 1.91. The maximum atomic E-state index is 5.12. The van der Waals surface area contributed by atoms with E-state index in [0.29, 0.717) is 17.5 Å². The van der Waals surface area contributed by atoms with Crippen molar-refractivity contribution in [3.63, 3.8) is 0 Å². The van der Waals surface area contributed by atoms with Gasteiger partial charge in [-0.25, -0.2) is 15.0 Å². The molecule has 0 saturated heterocycles. The zero-order valence-corrected chi connectivity index (χ0v) is 32.4. The predicted molar refractivity (Wildman–Crippen MR) is 238 cm³/mol. The summed E-state index contributed by atoms with van der Waals surface area (Å²) < 4.78 is 2.52. The number of aromatic nitrogens is 4. The van der Waals surface area contributed by atoms with Crippen molar-refractivity contribution in [2.75, 3.05) is 0 Å². The maximum Gasteiger partial charge on any atom is 0.164 e. The van der Waals surface area contributed by atoms with Gasteiger partial charge in [0.1, 0.15) is 0 Å². The molecule has 0 fully saturated rings. The molecule has 0 bridgehead atoms. The smallest absolute Gasteiger partial charge is 0.164 e. The predicted octanol–water partition coefficient (Wildman–Crippen LogP) is 12.9. The van der Waals surface area contributed by atoms with E-state index in [4.69, 9.17) is 15.0 Å². The SMILES string of the molecule is CC1(C)c2ccccc2-c2c1c1c(c3cc4c(cc23)Cc2ccccc2C4)c2ccccc2n1-c1cccc(-c2nc(-c3ccccc3)nc(-c3ccccc3)n2)c1. The van der Waals surface area contributed by atoms with Crippen LogP contribution in [0.1, 0.15) is 47.2 Å². The van der Waals surface area contributed by atoms with E-state index in [2.05, 4.69) is 152 Å². The molecule has 8 aromatic carbocycles. The molecule has 0 aliphatic heterocycles. The van der Waals surface area contributed by atoms with Gasteiger partial charge >= 0.3 is 0 Å². The summed E-state index contributed by atoms with van der Waals surface area (Å²) in [7, 11) is 0. The molecule has 2 heterocycles. The zero-order valence-electron chi connectivity index (χ0n) is 32.4. The molecule has 2 aliphatic carbocycles. The summed E-state index contributed by atoms with van der Waals surface area (Å²) in [5.74, 6) is 1.95. The second-order valence-corrected chi connectivity index (χ2v) is 16.4. The second kappa shape index (κ2) is 12.4. The topological polar surface area (TPSA) is 43.6 Å². The van der Waals surface area contributed by atoms with Gasteiger partial charge in [0.15, 0.2) is 17.5 Å². The summed E-state index contributed by atoms with van der Waals surface area (Å²) in [5, 5.41) is 5.25.